The molecule has 0 spiro atoms. The molecule has 126 valence electrons. The number of nitrogens with zero attached hydrogens (tertiary/aromatic N) is 2. The molecule has 2 rings (SSSR count). The Hall–Kier alpha value is -1.86. The van der Waals surface area contributed by atoms with E-state index in [4.69, 9.17) is 4.74 Å². The van der Waals surface area contributed by atoms with Gasteiger partial charge in [0.2, 0.25) is 10.0 Å². The van der Waals surface area contributed by atoms with Gasteiger partial charge in [0.05, 0.1) is 35.5 Å². The molecule has 2 aromatic rings. The molecule has 0 aliphatic rings. The summed E-state index contributed by atoms with van der Waals surface area (Å²) >= 11 is 0. The third kappa shape index (κ3) is 4.56. The quantitative estimate of drug-likeness (QED) is 0.841. The molecule has 0 aliphatic carbocycles. The van der Waals surface area contributed by atoms with Crippen LogP contribution in [0.15, 0.2) is 30.3 Å². The van der Waals surface area contributed by atoms with Crippen molar-refractivity contribution >= 4 is 15.7 Å². The maximum Gasteiger partial charge on any atom is 0.235 e. The van der Waals surface area contributed by atoms with E-state index in [-0.39, 0.29) is 11.9 Å². The SMILES string of the molecule is COC(C)CS(=O)(=O)Nc1c(C)nn(Cc2ccccc2)c1C. The van der Waals surface area contributed by atoms with Crippen molar-refractivity contribution in [3.05, 3.63) is 47.3 Å². The summed E-state index contributed by atoms with van der Waals surface area (Å²) in [6.45, 7) is 5.98. The monoisotopic (exact) mass is 337 g/mol. The smallest absolute Gasteiger partial charge is 0.235 e. The van der Waals surface area contributed by atoms with Crippen molar-refractivity contribution in [1.29, 1.82) is 0 Å². The fraction of sp³-hybridized carbons (Fsp3) is 0.438. The third-order valence-corrected chi connectivity index (χ3v) is 5.09. The third-order valence-electron chi connectivity index (χ3n) is 3.67. The fourth-order valence-corrected chi connectivity index (χ4v) is 3.77. The van der Waals surface area contributed by atoms with Crippen molar-refractivity contribution in [1.82, 2.24) is 9.78 Å². The lowest BCUT2D eigenvalue weighted by Crippen LogP contribution is -2.25. The van der Waals surface area contributed by atoms with Crippen molar-refractivity contribution in [2.24, 2.45) is 0 Å². The van der Waals surface area contributed by atoms with Gasteiger partial charge < -0.3 is 4.74 Å². The standard InChI is InChI=1S/C16H23N3O3S/c1-12(22-4)11-23(20,21)18-16-13(2)17-19(14(16)3)10-15-8-6-5-7-9-15/h5-9,12,18H,10-11H2,1-4H3. The molecule has 0 radical (unpaired) electrons. The largest absolute Gasteiger partial charge is 0.381 e. The summed E-state index contributed by atoms with van der Waals surface area (Å²) in [6.07, 6.45) is -0.368. The summed E-state index contributed by atoms with van der Waals surface area (Å²) in [5.74, 6) is -0.0910. The van der Waals surface area contributed by atoms with Crippen LogP contribution in [-0.4, -0.2) is 37.2 Å². The Balaban J connectivity index is 2.21. The molecule has 0 saturated carbocycles. The zero-order chi connectivity index (χ0) is 17.0. The average Bonchev–Trinajstić information content (AvgIpc) is 2.75. The zero-order valence-corrected chi connectivity index (χ0v) is 14.7. The molecule has 1 aromatic heterocycles. The van der Waals surface area contributed by atoms with Gasteiger partial charge in [0, 0.05) is 7.11 Å². The molecule has 1 aromatic carbocycles. The zero-order valence-electron chi connectivity index (χ0n) is 13.9. The molecule has 1 unspecified atom stereocenters. The van der Waals surface area contributed by atoms with Gasteiger partial charge in [-0.25, -0.2) is 8.42 Å². The molecule has 1 atom stereocenters. The van der Waals surface area contributed by atoms with Crippen molar-refractivity contribution in [2.75, 3.05) is 17.6 Å². The molecule has 6 nitrogen and oxygen atoms in total. The van der Waals surface area contributed by atoms with Crippen LogP contribution < -0.4 is 4.72 Å². The van der Waals surface area contributed by atoms with Gasteiger partial charge in [0.15, 0.2) is 0 Å². The highest BCUT2D eigenvalue weighted by Gasteiger charge is 2.20. The molecular formula is C16H23N3O3S. The van der Waals surface area contributed by atoms with E-state index in [1.807, 2.05) is 41.9 Å². The molecule has 0 fully saturated rings. The molecule has 0 saturated heterocycles. The lowest BCUT2D eigenvalue weighted by atomic mass is 10.2. The topological polar surface area (TPSA) is 73.2 Å². The number of ether oxygens (including phenoxy) is 1. The van der Waals surface area contributed by atoms with Gasteiger partial charge in [-0.05, 0) is 26.3 Å². The van der Waals surface area contributed by atoms with E-state index in [1.54, 1.807) is 13.8 Å². The van der Waals surface area contributed by atoms with Gasteiger partial charge in [-0.1, -0.05) is 30.3 Å². The molecule has 0 aliphatic heterocycles. The van der Waals surface area contributed by atoms with Crippen LogP contribution in [-0.2, 0) is 21.3 Å². The summed E-state index contributed by atoms with van der Waals surface area (Å²) in [7, 11) is -1.98. The lowest BCUT2D eigenvalue weighted by Gasteiger charge is -2.12. The Bertz CT molecular complexity index is 754. The summed E-state index contributed by atoms with van der Waals surface area (Å²) in [4.78, 5) is 0. The molecule has 23 heavy (non-hydrogen) atoms. The first-order valence-electron chi connectivity index (χ1n) is 7.43. The van der Waals surface area contributed by atoms with Gasteiger partial charge in [0.25, 0.3) is 0 Å². The first kappa shape index (κ1) is 17.5. The van der Waals surface area contributed by atoms with E-state index in [1.165, 1.54) is 7.11 Å². The molecule has 7 heteroatoms. The van der Waals surface area contributed by atoms with Crippen LogP contribution in [0.3, 0.4) is 0 Å². The maximum absolute atomic E-state index is 12.2. The van der Waals surface area contributed by atoms with Crippen LogP contribution in [0.4, 0.5) is 5.69 Å². The van der Waals surface area contributed by atoms with E-state index in [2.05, 4.69) is 9.82 Å². The predicted molar refractivity (Wildman–Crippen MR) is 91.1 cm³/mol. The van der Waals surface area contributed by atoms with Gasteiger partial charge in [-0.3, -0.25) is 9.40 Å². The first-order chi connectivity index (χ1) is 10.8. The normalized spacial score (nSPS) is 13.0. The van der Waals surface area contributed by atoms with Crippen LogP contribution in [0, 0.1) is 13.8 Å². The van der Waals surface area contributed by atoms with E-state index in [0.717, 1.165) is 11.3 Å². The van der Waals surface area contributed by atoms with E-state index < -0.39 is 10.0 Å². The Kier molecular flexibility index (Phi) is 5.43. The van der Waals surface area contributed by atoms with Gasteiger partial charge in [0.1, 0.15) is 0 Å². The van der Waals surface area contributed by atoms with Crippen LogP contribution in [0.5, 0.6) is 0 Å². The van der Waals surface area contributed by atoms with Crippen LogP contribution >= 0.6 is 0 Å². The number of hydrogen-bond donors (Lipinski definition) is 1. The van der Waals surface area contributed by atoms with Gasteiger partial charge in [-0.15, -0.1) is 0 Å². The summed E-state index contributed by atoms with van der Waals surface area (Å²) in [6, 6.07) is 9.93. The van der Waals surface area contributed by atoms with Crippen molar-refractivity contribution in [3.63, 3.8) is 0 Å². The van der Waals surface area contributed by atoms with Gasteiger partial charge >= 0.3 is 0 Å². The van der Waals surface area contributed by atoms with E-state index in [0.29, 0.717) is 17.9 Å². The Morgan fingerprint density at radius 1 is 1.26 bits per heavy atom. The molecule has 1 N–H and O–H groups in total. The minimum Gasteiger partial charge on any atom is -0.381 e. The second kappa shape index (κ2) is 7.14. The van der Waals surface area contributed by atoms with Crippen molar-refractivity contribution in [3.8, 4) is 0 Å². The molecule has 0 amide bonds. The van der Waals surface area contributed by atoms with E-state index in [9.17, 15) is 8.42 Å². The number of hydrogen-bond acceptors (Lipinski definition) is 4. The highest BCUT2D eigenvalue weighted by Crippen LogP contribution is 2.22. The minimum absolute atomic E-state index is 0.0910. The number of rotatable bonds is 7. The van der Waals surface area contributed by atoms with Crippen molar-refractivity contribution in [2.45, 2.75) is 33.4 Å². The second-order valence-corrected chi connectivity index (χ2v) is 7.39. The van der Waals surface area contributed by atoms with Crippen LogP contribution in [0.25, 0.3) is 0 Å². The highest BCUT2D eigenvalue weighted by atomic mass is 32.2. The summed E-state index contributed by atoms with van der Waals surface area (Å²) < 4.78 is 33.9. The number of sulfonamides is 1. The number of methoxy groups -OCH3 is 1. The Morgan fingerprint density at radius 3 is 2.52 bits per heavy atom. The van der Waals surface area contributed by atoms with Gasteiger partial charge in [-0.2, -0.15) is 5.10 Å². The molecule has 1 heterocycles. The van der Waals surface area contributed by atoms with Crippen LogP contribution in [0.2, 0.25) is 0 Å². The average molecular weight is 337 g/mol. The second-order valence-electron chi connectivity index (χ2n) is 5.62. The Labute approximate surface area is 137 Å². The highest BCUT2D eigenvalue weighted by molar-refractivity contribution is 7.92. The van der Waals surface area contributed by atoms with Crippen LogP contribution in [0.1, 0.15) is 23.9 Å². The van der Waals surface area contributed by atoms with E-state index >= 15 is 0 Å². The predicted octanol–water partition coefficient (Wildman–Crippen LogP) is 2.32. The van der Waals surface area contributed by atoms with Crippen molar-refractivity contribution < 1.29 is 13.2 Å². The Morgan fingerprint density at radius 2 is 1.91 bits per heavy atom. The number of aromatic nitrogens is 2. The number of nitrogens with one attached hydrogen (secondary N) is 1. The fourth-order valence-electron chi connectivity index (χ4n) is 2.33. The molecule has 0 bridgehead atoms. The maximum atomic E-state index is 12.2. The molecular weight excluding hydrogens is 314 g/mol. The minimum atomic E-state index is -3.48. The number of benzene rings is 1. The first-order valence-corrected chi connectivity index (χ1v) is 9.09. The number of anilines is 1. The summed E-state index contributed by atoms with van der Waals surface area (Å²) in [5, 5.41) is 4.45. The lowest BCUT2D eigenvalue weighted by molar-refractivity contribution is 0.136. The number of aryl methyl sites for hydroxylation is 1. The summed E-state index contributed by atoms with van der Waals surface area (Å²) in [5.41, 5.74) is 3.11.